The average Bonchev–Trinajstić information content (AvgIpc) is 2.48. The number of hydrogen-bond donors (Lipinski definition) is 1. The molecule has 5 heteroatoms. The molecule has 20 heavy (non-hydrogen) atoms. The van der Waals surface area contributed by atoms with E-state index in [-0.39, 0.29) is 22.5 Å². The highest BCUT2D eigenvalue weighted by atomic mass is 35.5. The molecule has 0 aliphatic rings. The van der Waals surface area contributed by atoms with E-state index in [0.717, 1.165) is 11.6 Å². The zero-order chi connectivity index (χ0) is 14.5. The maximum atomic E-state index is 13.3. The van der Waals surface area contributed by atoms with E-state index in [1.807, 2.05) is 30.3 Å². The highest BCUT2D eigenvalue weighted by Crippen LogP contribution is 2.18. The van der Waals surface area contributed by atoms with Crippen LogP contribution in [0, 0.1) is 5.82 Å². The number of alkyl halides is 1. The lowest BCUT2D eigenvalue weighted by Gasteiger charge is -2.16. The summed E-state index contributed by atoms with van der Waals surface area (Å²) in [5, 5.41) is 2.75. The van der Waals surface area contributed by atoms with Crippen LogP contribution in [0.1, 0.15) is 22.0 Å². The Morgan fingerprint density at radius 1 is 1.20 bits per heavy atom. The molecule has 0 heterocycles. The van der Waals surface area contributed by atoms with Gasteiger partial charge in [0.05, 0.1) is 11.1 Å². The Balaban J connectivity index is 2.15. The van der Waals surface area contributed by atoms with Crippen LogP contribution in [0.5, 0.6) is 0 Å². The molecule has 1 unspecified atom stereocenters. The fraction of sp³-hybridized carbons (Fsp3) is 0.133. The number of carbonyl (C=O) groups excluding carboxylic acids is 1. The molecule has 1 amide bonds. The van der Waals surface area contributed by atoms with Crippen LogP contribution in [-0.2, 0) is 0 Å². The highest BCUT2D eigenvalue weighted by molar-refractivity contribution is 6.30. The van der Waals surface area contributed by atoms with Gasteiger partial charge in [0.25, 0.3) is 5.91 Å². The van der Waals surface area contributed by atoms with Crippen molar-refractivity contribution in [2.75, 3.05) is 5.88 Å². The number of benzene rings is 2. The van der Waals surface area contributed by atoms with Crippen molar-refractivity contribution in [2.45, 2.75) is 6.04 Å². The predicted octanol–water partition coefficient (Wildman–Crippen LogP) is 4.19. The topological polar surface area (TPSA) is 29.1 Å². The van der Waals surface area contributed by atoms with Crippen LogP contribution in [0.25, 0.3) is 0 Å². The largest absolute Gasteiger partial charge is 0.344 e. The molecule has 104 valence electrons. The van der Waals surface area contributed by atoms with Crippen molar-refractivity contribution < 1.29 is 9.18 Å². The number of amides is 1. The van der Waals surface area contributed by atoms with Crippen LogP contribution in [-0.4, -0.2) is 11.8 Å². The summed E-state index contributed by atoms with van der Waals surface area (Å²) in [5.74, 6) is -0.789. The highest BCUT2D eigenvalue weighted by Gasteiger charge is 2.15. The van der Waals surface area contributed by atoms with Crippen molar-refractivity contribution in [2.24, 2.45) is 0 Å². The molecule has 2 rings (SSSR count). The minimum Gasteiger partial charge on any atom is -0.344 e. The molecule has 0 aliphatic heterocycles. The number of rotatable bonds is 4. The molecule has 0 saturated heterocycles. The molecule has 2 aromatic rings. The molecule has 0 bridgehead atoms. The van der Waals surface area contributed by atoms with Crippen molar-refractivity contribution >= 4 is 29.1 Å². The third-order valence-electron chi connectivity index (χ3n) is 2.84. The van der Waals surface area contributed by atoms with E-state index < -0.39 is 11.7 Å². The fourth-order valence-electron chi connectivity index (χ4n) is 1.78. The second-order valence-electron chi connectivity index (χ2n) is 4.22. The van der Waals surface area contributed by atoms with Crippen LogP contribution in [0.15, 0.2) is 48.5 Å². The van der Waals surface area contributed by atoms with Crippen molar-refractivity contribution in [3.05, 3.63) is 70.5 Å². The first-order valence-corrected chi connectivity index (χ1v) is 6.90. The van der Waals surface area contributed by atoms with E-state index in [2.05, 4.69) is 5.32 Å². The minimum atomic E-state index is -0.624. The Bertz CT molecular complexity index is 604. The second kappa shape index (κ2) is 6.73. The zero-order valence-electron chi connectivity index (χ0n) is 10.4. The van der Waals surface area contributed by atoms with Gasteiger partial charge >= 0.3 is 0 Å². The van der Waals surface area contributed by atoms with E-state index in [1.54, 1.807) is 0 Å². The molecule has 1 atom stereocenters. The Hall–Kier alpha value is -1.58. The van der Waals surface area contributed by atoms with Crippen LogP contribution >= 0.6 is 23.2 Å². The maximum absolute atomic E-state index is 13.3. The zero-order valence-corrected chi connectivity index (χ0v) is 12.0. The molecule has 2 nitrogen and oxygen atoms in total. The first-order valence-electron chi connectivity index (χ1n) is 5.98. The van der Waals surface area contributed by atoms with Gasteiger partial charge in [-0.05, 0) is 23.8 Å². The van der Waals surface area contributed by atoms with Crippen LogP contribution in [0.4, 0.5) is 4.39 Å². The summed E-state index contributed by atoms with van der Waals surface area (Å²) in [6.45, 7) is 0. The third-order valence-corrected chi connectivity index (χ3v) is 3.46. The molecular formula is C15H12Cl2FNO. The Labute approximate surface area is 126 Å². The number of carbonyl (C=O) groups is 1. The van der Waals surface area contributed by atoms with Crippen molar-refractivity contribution in [1.82, 2.24) is 5.32 Å². The number of halogens is 3. The van der Waals surface area contributed by atoms with E-state index >= 15 is 0 Å². The SMILES string of the molecule is O=C(NC(CCl)c1ccccc1)c1ccc(Cl)c(F)c1. The quantitative estimate of drug-likeness (QED) is 0.843. The average molecular weight is 312 g/mol. The van der Waals surface area contributed by atoms with Gasteiger partial charge in [-0.15, -0.1) is 11.6 Å². The number of nitrogens with one attached hydrogen (secondary N) is 1. The molecule has 0 fully saturated rings. The van der Waals surface area contributed by atoms with Gasteiger partial charge in [-0.3, -0.25) is 4.79 Å². The van der Waals surface area contributed by atoms with Gasteiger partial charge in [-0.25, -0.2) is 4.39 Å². The summed E-state index contributed by atoms with van der Waals surface area (Å²) >= 11 is 11.5. The lowest BCUT2D eigenvalue weighted by atomic mass is 10.1. The maximum Gasteiger partial charge on any atom is 0.251 e. The summed E-state index contributed by atoms with van der Waals surface area (Å²) in [4.78, 5) is 12.1. The van der Waals surface area contributed by atoms with E-state index in [1.165, 1.54) is 12.1 Å². The lowest BCUT2D eigenvalue weighted by molar-refractivity contribution is 0.0940. The molecule has 0 aliphatic carbocycles. The van der Waals surface area contributed by atoms with Crippen LogP contribution in [0.3, 0.4) is 0 Å². The van der Waals surface area contributed by atoms with Gasteiger partial charge in [0.2, 0.25) is 0 Å². The normalized spacial score (nSPS) is 11.9. The predicted molar refractivity (Wildman–Crippen MR) is 78.8 cm³/mol. The van der Waals surface area contributed by atoms with Crippen LogP contribution in [0.2, 0.25) is 5.02 Å². The van der Waals surface area contributed by atoms with E-state index in [4.69, 9.17) is 23.2 Å². The van der Waals surface area contributed by atoms with Crippen LogP contribution < -0.4 is 5.32 Å². The minimum absolute atomic E-state index is 0.0153. The molecule has 1 N–H and O–H groups in total. The summed E-state index contributed by atoms with van der Waals surface area (Å²) < 4.78 is 13.3. The molecule has 0 spiro atoms. The second-order valence-corrected chi connectivity index (χ2v) is 4.94. The summed E-state index contributed by atoms with van der Waals surface area (Å²) in [6.07, 6.45) is 0. The van der Waals surface area contributed by atoms with Gasteiger partial charge in [-0.2, -0.15) is 0 Å². The van der Waals surface area contributed by atoms with Gasteiger partial charge < -0.3 is 5.32 Å². The molecule has 2 aromatic carbocycles. The molecule has 0 radical (unpaired) electrons. The molecular weight excluding hydrogens is 300 g/mol. The number of hydrogen-bond acceptors (Lipinski definition) is 1. The summed E-state index contributed by atoms with van der Waals surface area (Å²) in [7, 11) is 0. The van der Waals surface area contributed by atoms with Gasteiger partial charge in [0, 0.05) is 11.4 Å². The smallest absolute Gasteiger partial charge is 0.251 e. The van der Waals surface area contributed by atoms with Crippen molar-refractivity contribution in [3.8, 4) is 0 Å². The molecule has 0 saturated carbocycles. The Morgan fingerprint density at radius 3 is 2.50 bits per heavy atom. The Kier molecular flexibility index (Phi) is 4.99. The van der Waals surface area contributed by atoms with Crippen molar-refractivity contribution in [3.63, 3.8) is 0 Å². The fourth-order valence-corrected chi connectivity index (χ4v) is 2.15. The van der Waals surface area contributed by atoms with Crippen molar-refractivity contribution in [1.29, 1.82) is 0 Å². The van der Waals surface area contributed by atoms with Gasteiger partial charge in [-0.1, -0.05) is 41.9 Å². The monoisotopic (exact) mass is 311 g/mol. The Morgan fingerprint density at radius 2 is 1.90 bits per heavy atom. The van der Waals surface area contributed by atoms with Gasteiger partial charge in [0.1, 0.15) is 5.82 Å². The van der Waals surface area contributed by atoms with E-state index in [0.29, 0.717) is 0 Å². The summed E-state index contributed by atoms with van der Waals surface area (Å²) in [5.41, 5.74) is 1.10. The van der Waals surface area contributed by atoms with E-state index in [9.17, 15) is 9.18 Å². The lowest BCUT2D eigenvalue weighted by Crippen LogP contribution is -2.29. The molecule has 0 aromatic heterocycles. The van der Waals surface area contributed by atoms with Gasteiger partial charge in [0.15, 0.2) is 0 Å². The first kappa shape index (κ1) is 14.8. The third kappa shape index (κ3) is 3.50. The summed E-state index contributed by atoms with van der Waals surface area (Å²) in [6, 6.07) is 12.9. The first-order chi connectivity index (χ1) is 9.61. The standard InChI is InChI=1S/C15H12Cl2FNO/c16-9-14(10-4-2-1-3-5-10)19-15(20)11-6-7-12(17)13(18)8-11/h1-8,14H,9H2,(H,19,20).